The summed E-state index contributed by atoms with van der Waals surface area (Å²) >= 11 is 6.10. The molecule has 142 valence electrons. The number of hydrogen-bond donors (Lipinski definition) is 1. The predicted octanol–water partition coefficient (Wildman–Crippen LogP) is 5.45. The van der Waals surface area contributed by atoms with E-state index in [4.69, 9.17) is 22.1 Å². The van der Waals surface area contributed by atoms with Crippen molar-refractivity contribution in [2.75, 3.05) is 6.61 Å². The second-order valence-electron chi connectivity index (χ2n) is 6.23. The van der Waals surface area contributed by atoms with Gasteiger partial charge in [-0.15, -0.1) is 12.4 Å². The zero-order valence-electron chi connectivity index (χ0n) is 15.4. The van der Waals surface area contributed by atoms with Crippen LogP contribution in [-0.4, -0.2) is 12.6 Å². The first-order valence-electron chi connectivity index (χ1n) is 8.23. The lowest BCUT2D eigenvalue weighted by Crippen LogP contribution is -2.19. The maximum absolute atomic E-state index is 14.6. The standard InChI is InChI=1S/C20H23ClFNO2.ClH/c1-5-25-18(24)10-17(23)16-9-14(6-13(4)20(16)22)19-11(2)7-15(21)8-12(19)3;/h6-9,17H,5,10,23H2,1-4H3;1H. The smallest absolute Gasteiger partial charge is 0.307 e. The Hall–Kier alpha value is -1.62. The van der Waals surface area contributed by atoms with Crippen LogP contribution in [0.4, 0.5) is 4.39 Å². The topological polar surface area (TPSA) is 52.3 Å². The van der Waals surface area contributed by atoms with Crippen molar-refractivity contribution in [2.24, 2.45) is 5.73 Å². The molecule has 0 aromatic heterocycles. The van der Waals surface area contributed by atoms with Crippen LogP contribution in [-0.2, 0) is 9.53 Å². The Bertz CT molecular complexity index is 786. The Morgan fingerprint density at radius 1 is 1.15 bits per heavy atom. The highest BCUT2D eigenvalue weighted by atomic mass is 35.5. The molecule has 0 aliphatic carbocycles. The summed E-state index contributed by atoms with van der Waals surface area (Å²) in [6, 6.07) is 6.50. The zero-order valence-corrected chi connectivity index (χ0v) is 16.9. The fraction of sp³-hybridized carbons (Fsp3) is 0.350. The molecular formula is C20H24Cl2FNO2. The van der Waals surface area contributed by atoms with E-state index in [9.17, 15) is 9.18 Å². The summed E-state index contributed by atoms with van der Waals surface area (Å²) in [5.41, 5.74) is 10.7. The number of carbonyl (C=O) groups is 1. The van der Waals surface area contributed by atoms with E-state index >= 15 is 0 Å². The van der Waals surface area contributed by atoms with E-state index in [0.717, 1.165) is 22.3 Å². The van der Waals surface area contributed by atoms with Gasteiger partial charge in [-0.05, 0) is 79.8 Å². The van der Waals surface area contributed by atoms with Gasteiger partial charge in [-0.25, -0.2) is 4.39 Å². The minimum absolute atomic E-state index is 0. The van der Waals surface area contributed by atoms with Crippen LogP contribution in [0.15, 0.2) is 24.3 Å². The molecule has 0 heterocycles. The van der Waals surface area contributed by atoms with Crippen LogP contribution >= 0.6 is 24.0 Å². The highest BCUT2D eigenvalue weighted by molar-refractivity contribution is 6.30. The Kier molecular flexibility index (Phi) is 8.07. The van der Waals surface area contributed by atoms with Gasteiger partial charge in [0.1, 0.15) is 5.82 Å². The molecule has 2 aromatic rings. The van der Waals surface area contributed by atoms with Gasteiger partial charge >= 0.3 is 5.97 Å². The molecule has 2 rings (SSSR count). The van der Waals surface area contributed by atoms with E-state index in [1.807, 2.05) is 26.0 Å². The van der Waals surface area contributed by atoms with Crippen molar-refractivity contribution >= 4 is 30.0 Å². The summed E-state index contributed by atoms with van der Waals surface area (Å²) in [6.45, 7) is 7.62. The molecule has 0 aliphatic rings. The third-order valence-corrected chi connectivity index (χ3v) is 4.38. The van der Waals surface area contributed by atoms with E-state index in [1.165, 1.54) is 0 Å². The van der Waals surface area contributed by atoms with E-state index < -0.39 is 12.0 Å². The van der Waals surface area contributed by atoms with Crippen molar-refractivity contribution in [3.8, 4) is 11.1 Å². The number of hydrogen-bond acceptors (Lipinski definition) is 3. The molecule has 1 unspecified atom stereocenters. The van der Waals surface area contributed by atoms with Gasteiger partial charge in [-0.1, -0.05) is 11.6 Å². The molecule has 1 atom stereocenters. The molecule has 3 nitrogen and oxygen atoms in total. The summed E-state index contributed by atoms with van der Waals surface area (Å²) in [5.74, 6) is -0.818. The minimum Gasteiger partial charge on any atom is -0.466 e. The highest BCUT2D eigenvalue weighted by Gasteiger charge is 2.20. The number of ether oxygens (including phenoxy) is 1. The summed E-state index contributed by atoms with van der Waals surface area (Å²) in [5, 5.41) is 0.664. The van der Waals surface area contributed by atoms with E-state index in [0.29, 0.717) is 16.1 Å². The van der Waals surface area contributed by atoms with Gasteiger partial charge < -0.3 is 10.5 Å². The van der Waals surface area contributed by atoms with Crippen LogP contribution in [0.3, 0.4) is 0 Å². The number of aryl methyl sites for hydroxylation is 3. The number of carbonyl (C=O) groups excluding carboxylic acids is 1. The normalized spacial score (nSPS) is 11.7. The maximum Gasteiger partial charge on any atom is 0.307 e. The summed E-state index contributed by atoms with van der Waals surface area (Å²) < 4.78 is 19.5. The Labute approximate surface area is 165 Å². The monoisotopic (exact) mass is 399 g/mol. The van der Waals surface area contributed by atoms with Crippen molar-refractivity contribution < 1.29 is 13.9 Å². The number of rotatable bonds is 5. The Balaban J connectivity index is 0.00000338. The number of nitrogens with two attached hydrogens (primary N) is 1. The molecule has 0 saturated carbocycles. The number of halogens is 3. The minimum atomic E-state index is -0.759. The third kappa shape index (κ3) is 4.97. The van der Waals surface area contributed by atoms with Crippen molar-refractivity contribution in [3.05, 3.63) is 57.4 Å². The molecule has 6 heteroatoms. The predicted molar refractivity (Wildman–Crippen MR) is 106 cm³/mol. The largest absolute Gasteiger partial charge is 0.466 e. The number of esters is 1. The van der Waals surface area contributed by atoms with Crippen LogP contribution in [0, 0.1) is 26.6 Å². The van der Waals surface area contributed by atoms with Crippen molar-refractivity contribution in [1.82, 2.24) is 0 Å². The van der Waals surface area contributed by atoms with Gasteiger partial charge in [0, 0.05) is 16.6 Å². The van der Waals surface area contributed by atoms with Gasteiger partial charge in [0.15, 0.2) is 0 Å². The van der Waals surface area contributed by atoms with Gasteiger partial charge in [-0.3, -0.25) is 4.79 Å². The molecule has 0 aliphatic heterocycles. The average Bonchev–Trinajstić information content (AvgIpc) is 2.49. The Morgan fingerprint density at radius 3 is 2.27 bits per heavy atom. The Morgan fingerprint density at radius 2 is 1.73 bits per heavy atom. The first-order chi connectivity index (χ1) is 11.7. The lowest BCUT2D eigenvalue weighted by atomic mass is 9.91. The van der Waals surface area contributed by atoms with E-state index in [1.54, 1.807) is 26.0 Å². The van der Waals surface area contributed by atoms with Crippen LogP contribution in [0.25, 0.3) is 11.1 Å². The van der Waals surface area contributed by atoms with Crippen molar-refractivity contribution in [3.63, 3.8) is 0 Å². The van der Waals surface area contributed by atoms with Gasteiger partial charge in [0.2, 0.25) is 0 Å². The van der Waals surface area contributed by atoms with Crippen LogP contribution in [0.2, 0.25) is 5.02 Å². The van der Waals surface area contributed by atoms with Gasteiger partial charge in [0.05, 0.1) is 13.0 Å². The lowest BCUT2D eigenvalue weighted by molar-refractivity contribution is -0.143. The lowest BCUT2D eigenvalue weighted by Gasteiger charge is -2.18. The molecule has 0 spiro atoms. The maximum atomic E-state index is 14.6. The number of benzene rings is 2. The third-order valence-electron chi connectivity index (χ3n) is 4.16. The molecule has 0 saturated heterocycles. The summed E-state index contributed by atoms with van der Waals surface area (Å²) in [6.07, 6.45) is -0.0633. The second kappa shape index (κ2) is 9.36. The second-order valence-corrected chi connectivity index (χ2v) is 6.66. The van der Waals surface area contributed by atoms with Gasteiger partial charge in [0.25, 0.3) is 0 Å². The molecule has 0 fully saturated rings. The summed E-state index contributed by atoms with van der Waals surface area (Å²) in [4.78, 5) is 11.7. The van der Waals surface area contributed by atoms with Crippen LogP contribution in [0.1, 0.15) is 41.6 Å². The molecule has 2 aromatic carbocycles. The van der Waals surface area contributed by atoms with Crippen LogP contribution in [0.5, 0.6) is 0 Å². The average molecular weight is 400 g/mol. The highest BCUT2D eigenvalue weighted by Crippen LogP contribution is 2.34. The first-order valence-corrected chi connectivity index (χ1v) is 8.60. The molecule has 0 bridgehead atoms. The fourth-order valence-electron chi connectivity index (χ4n) is 3.09. The van der Waals surface area contributed by atoms with Crippen molar-refractivity contribution in [2.45, 2.75) is 40.2 Å². The van der Waals surface area contributed by atoms with Gasteiger partial charge in [-0.2, -0.15) is 0 Å². The zero-order chi connectivity index (χ0) is 18.7. The quantitative estimate of drug-likeness (QED) is 0.680. The molecule has 0 amide bonds. The van der Waals surface area contributed by atoms with E-state index in [2.05, 4.69) is 0 Å². The molecular weight excluding hydrogens is 376 g/mol. The van der Waals surface area contributed by atoms with E-state index in [-0.39, 0.29) is 31.3 Å². The molecule has 0 radical (unpaired) electrons. The summed E-state index contributed by atoms with van der Waals surface area (Å²) in [7, 11) is 0. The molecule has 26 heavy (non-hydrogen) atoms. The fourth-order valence-corrected chi connectivity index (χ4v) is 3.41. The van der Waals surface area contributed by atoms with Crippen molar-refractivity contribution in [1.29, 1.82) is 0 Å². The van der Waals surface area contributed by atoms with Crippen LogP contribution < -0.4 is 5.73 Å². The SMILES string of the molecule is CCOC(=O)CC(N)c1cc(-c2c(C)cc(Cl)cc2C)cc(C)c1F.Cl. The first kappa shape index (κ1) is 22.4. The molecule has 2 N–H and O–H groups in total.